The predicted molar refractivity (Wildman–Crippen MR) is 105 cm³/mol. The molecule has 1 atom stereocenters. The molecule has 0 spiro atoms. The van der Waals surface area contributed by atoms with Crippen LogP contribution in [0.4, 0.5) is 10.1 Å². The lowest BCUT2D eigenvalue weighted by atomic mass is 10.1. The average Bonchev–Trinajstić information content (AvgIpc) is 2.83. The van der Waals surface area contributed by atoms with E-state index >= 15 is 0 Å². The minimum Gasteiger partial charge on any atom is -0.436 e. The molecule has 8 heteroatoms. The molecule has 4 rings (SSSR count). The van der Waals surface area contributed by atoms with Crippen molar-refractivity contribution in [2.24, 2.45) is 0 Å². The Labute approximate surface area is 162 Å². The van der Waals surface area contributed by atoms with Gasteiger partial charge in [0.15, 0.2) is 11.5 Å². The molecule has 3 aromatic rings. The van der Waals surface area contributed by atoms with Crippen LogP contribution in [0.15, 0.2) is 48.5 Å². The van der Waals surface area contributed by atoms with Crippen molar-refractivity contribution in [3.05, 3.63) is 59.9 Å². The van der Waals surface area contributed by atoms with E-state index in [1.165, 1.54) is 12.1 Å². The third-order valence-corrected chi connectivity index (χ3v) is 6.66. The molecule has 2 heterocycles. The van der Waals surface area contributed by atoms with E-state index in [9.17, 15) is 8.96 Å². The van der Waals surface area contributed by atoms with Crippen molar-refractivity contribution in [2.45, 2.75) is 19.6 Å². The van der Waals surface area contributed by atoms with Gasteiger partial charge in [0.2, 0.25) is 5.88 Å². The summed E-state index contributed by atoms with van der Waals surface area (Å²) < 4.78 is 44.5. The highest BCUT2D eigenvalue weighted by atomic mass is 31.2. The number of benzene rings is 2. The number of rotatable bonds is 5. The van der Waals surface area contributed by atoms with Gasteiger partial charge in [-0.1, -0.05) is 12.1 Å². The van der Waals surface area contributed by atoms with Gasteiger partial charge in [-0.15, -0.1) is 0 Å². The summed E-state index contributed by atoms with van der Waals surface area (Å²) in [5, 5.41) is 3.95. The van der Waals surface area contributed by atoms with E-state index in [1.54, 1.807) is 32.0 Å². The average molecular weight is 402 g/mol. The van der Waals surface area contributed by atoms with Crippen LogP contribution in [-0.2, 0) is 13.6 Å². The maximum atomic E-state index is 13.7. The zero-order chi connectivity index (χ0) is 19.7. The van der Waals surface area contributed by atoms with Crippen LogP contribution in [0.25, 0.3) is 10.9 Å². The number of hydrogen-bond donors (Lipinski definition) is 1. The molecular weight excluding hydrogens is 382 g/mol. The molecule has 6 nitrogen and oxygen atoms in total. The normalized spacial score (nSPS) is 15.9. The highest BCUT2D eigenvalue weighted by Gasteiger charge is 2.41. The molecule has 1 N–H and O–H groups in total. The van der Waals surface area contributed by atoms with E-state index in [4.69, 9.17) is 13.8 Å². The maximum absolute atomic E-state index is 13.7. The fraction of sp³-hybridized carbons (Fsp3) is 0.250. The van der Waals surface area contributed by atoms with Gasteiger partial charge >= 0.3 is 7.60 Å². The molecule has 0 aliphatic carbocycles. The van der Waals surface area contributed by atoms with Gasteiger partial charge in [-0.3, -0.25) is 4.57 Å². The van der Waals surface area contributed by atoms with E-state index in [1.807, 2.05) is 18.2 Å². The summed E-state index contributed by atoms with van der Waals surface area (Å²) in [7, 11) is -3.60. The molecular formula is C20H20FN2O4P. The van der Waals surface area contributed by atoms with E-state index in [0.717, 1.165) is 0 Å². The van der Waals surface area contributed by atoms with Gasteiger partial charge in [0, 0.05) is 17.0 Å². The SMILES string of the molecule is CCOP(=O)(OCC)C1Nc2ccccc2Oc2nc3cc(F)ccc3cc21. The molecule has 1 unspecified atom stereocenters. The van der Waals surface area contributed by atoms with Crippen LogP contribution in [0.5, 0.6) is 11.6 Å². The summed E-state index contributed by atoms with van der Waals surface area (Å²) in [6.07, 6.45) is 0. The van der Waals surface area contributed by atoms with Crippen molar-refractivity contribution in [3.8, 4) is 11.6 Å². The van der Waals surface area contributed by atoms with Crippen LogP contribution in [-0.4, -0.2) is 18.2 Å². The molecule has 1 aliphatic rings. The second-order valence-corrected chi connectivity index (χ2v) is 8.35. The standard InChI is InChI=1S/C20H20FN2O4P/c1-3-25-28(24,26-4-2)20-15-11-13-9-10-14(21)12-17(13)22-19(15)27-18-8-6-5-7-16(18)23-20/h5-12,20,23H,3-4H2,1-2H3. The zero-order valence-corrected chi connectivity index (χ0v) is 16.4. The Morgan fingerprint density at radius 3 is 2.64 bits per heavy atom. The first-order valence-corrected chi connectivity index (χ1v) is 10.7. The molecule has 146 valence electrons. The molecule has 0 saturated heterocycles. The number of para-hydroxylation sites is 2. The van der Waals surface area contributed by atoms with Crippen molar-refractivity contribution in [1.29, 1.82) is 0 Å². The molecule has 1 aromatic heterocycles. The molecule has 1 aliphatic heterocycles. The smallest absolute Gasteiger partial charge is 0.357 e. The van der Waals surface area contributed by atoms with Crippen LogP contribution in [0.3, 0.4) is 0 Å². The van der Waals surface area contributed by atoms with Crippen molar-refractivity contribution in [3.63, 3.8) is 0 Å². The number of halogens is 1. The van der Waals surface area contributed by atoms with Gasteiger partial charge in [0.1, 0.15) is 5.82 Å². The molecule has 0 bridgehead atoms. The van der Waals surface area contributed by atoms with E-state index in [-0.39, 0.29) is 19.1 Å². The number of nitrogens with one attached hydrogen (secondary N) is 1. The second kappa shape index (κ2) is 7.51. The Balaban J connectivity index is 1.95. The fourth-order valence-corrected chi connectivity index (χ4v) is 5.13. The lowest BCUT2D eigenvalue weighted by Crippen LogP contribution is -2.15. The molecule has 2 aromatic carbocycles. The van der Waals surface area contributed by atoms with E-state index in [0.29, 0.717) is 27.9 Å². The van der Waals surface area contributed by atoms with Gasteiger partial charge in [-0.2, -0.15) is 0 Å². The minimum absolute atomic E-state index is 0.222. The number of anilines is 1. The van der Waals surface area contributed by atoms with Crippen LogP contribution in [0.2, 0.25) is 0 Å². The number of hydrogen-bond acceptors (Lipinski definition) is 6. The van der Waals surface area contributed by atoms with Gasteiger partial charge < -0.3 is 19.1 Å². The summed E-state index contributed by atoms with van der Waals surface area (Å²) in [5.74, 6) is -0.458. The third-order valence-electron chi connectivity index (χ3n) is 4.39. The van der Waals surface area contributed by atoms with Gasteiger partial charge in [0.05, 0.1) is 24.4 Å². The monoisotopic (exact) mass is 402 g/mol. The zero-order valence-electron chi connectivity index (χ0n) is 15.5. The summed E-state index contributed by atoms with van der Waals surface area (Å²) in [5.41, 5.74) is 1.61. The highest BCUT2D eigenvalue weighted by Crippen LogP contribution is 2.63. The van der Waals surface area contributed by atoms with Crippen LogP contribution >= 0.6 is 7.60 Å². The van der Waals surface area contributed by atoms with Crippen molar-refractivity contribution < 1.29 is 22.7 Å². The maximum Gasteiger partial charge on any atom is 0.357 e. The summed E-state index contributed by atoms with van der Waals surface area (Å²) in [6.45, 7) is 3.96. The van der Waals surface area contributed by atoms with E-state index < -0.39 is 19.2 Å². The molecule has 0 fully saturated rings. The lowest BCUT2D eigenvalue weighted by molar-refractivity contribution is 0.214. The fourth-order valence-electron chi connectivity index (χ4n) is 3.22. The van der Waals surface area contributed by atoms with E-state index in [2.05, 4.69) is 10.3 Å². The quantitative estimate of drug-likeness (QED) is 0.540. The molecule has 28 heavy (non-hydrogen) atoms. The van der Waals surface area contributed by atoms with Crippen LogP contribution < -0.4 is 10.1 Å². The predicted octanol–water partition coefficient (Wildman–Crippen LogP) is 5.86. The number of nitrogens with zero attached hydrogens (tertiary/aromatic N) is 1. The van der Waals surface area contributed by atoms with Gasteiger partial charge in [-0.05, 0) is 44.2 Å². The molecule has 0 radical (unpaired) electrons. The number of aromatic nitrogens is 1. The Kier molecular flexibility index (Phi) is 5.06. The van der Waals surface area contributed by atoms with Crippen molar-refractivity contribution >= 4 is 24.2 Å². The summed E-state index contributed by atoms with van der Waals surface area (Å²) in [4.78, 5) is 4.49. The Hall–Kier alpha value is -2.47. The topological polar surface area (TPSA) is 69.7 Å². The Bertz CT molecular complexity index is 1070. The highest BCUT2D eigenvalue weighted by molar-refractivity contribution is 7.54. The van der Waals surface area contributed by atoms with Crippen molar-refractivity contribution in [1.82, 2.24) is 4.98 Å². The number of pyridine rings is 1. The lowest BCUT2D eigenvalue weighted by Gasteiger charge is -2.27. The largest absolute Gasteiger partial charge is 0.436 e. The first-order valence-electron chi connectivity index (χ1n) is 9.06. The molecule has 0 amide bonds. The first-order chi connectivity index (χ1) is 13.5. The number of fused-ring (bicyclic) bond motifs is 3. The first kappa shape index (κ1) is 18.9. The van der Waals surface area contributed by atoms with Gasteiger partial charge in [-0.25, -0.2) is 9.37 Å². The van der Waals surface area contributed by atoms with Gasteiger partial charge in [0.25, 0.3) is 0 Å². The Morgan fingerprint density at radius 1 is 1.14 bits per heavy atom. The summed E-state index contributed by atoms with van der Waals surface area (Å²) in [6, 6.07) is 13.4. The summed E-state index contributed by atoms with van der Waals surface area (Å²) >= 11 is 0. The van der Waals surface area contributed by atoms with Crippen LogP contribution in [0, 0.1) is 5.82 Å². The van der Waals surface area contributed by atoms with Crippen LogP contribution in [0.1, 0.15) is 25.2 Å². The Morgan fingerprint density at radius 2 is 1.89 bits per heavy atom. The third kappa shape index (κ3) is 3.37. The van der Waals surface area contributed by atoms with Crippen molar-refractivity contribution in [2.75, 3.05) is 18.5 Å². The molecule has 0 saturated carbocycles. The number of ether oxygens (including phenoxy) is 1. The second-order valence-electron chi connectivity index (χ2n) is 6.24. The minimum atomic E-state index is -3.60.